The molecule has 12 nitrogen and oxygen atoms in total. The van der Waals surface area contributed by atoms with Crippen LogP contribution in [-0.4, -0.2) is 82.3 Å². The molecular formula is C21H21N7O5S2. The van der Waals surface area contributed by atoms with E-state index in [0.29, 0.717) is 22.2 Å². The summed E-state index contributed by atoms with van der Waals surface area (Å²) in [5.74, 6) is -1.61. The van der Waals surface area contributed by atoms with E-state index in [2.05, 4.69) is 20.8 Å². The van der Waals surface area contributed by atoms with E-state index >= 15 is 0 Å². The van der Waals surface area contributed by atoms with Crippen molar-refractivity contribution in [3.8, 4) is 0 Å². The van der Waals surface area contributed by atoms with Crippen molar-refractivity contribution in [2.24, 2.45) is 7.05 Å². The molecule has 2 N–H and O–H groups in total. The molecule has 2 atom stereocenters. The number of hydrogen-bond acceptors (Lipinski definition) is 9. The molecule has 0 radical (unpaired) electrons. The van der Waals surface area contributed by atoms with Crippen molar-refractivity contribution in [2.45, 2.75) is 22.8 Å². The van der Waals surface area contributed by atoms with Crippen LogP contribution in [0.1, 0.15) is 0 Å². The Bertz CT molecular complexity index is 1370. The van der Waals surface area contributed by atoms with Gasteiger partial charge in [0.2, 0.25) is 11.1 Å². The van der Waals surface area contributed by atoms with Gasteiger partial charge in [0.1, 0.15) is 17.6 Å². The van der Waals surface area contributed by atoms with E-state index in [1.165, 1.54) is 40.2 Å². The third kappa shape index (κ3) is 3.86. The Morgan fingerprint density at radius 3 is 2.86 bits per heavy atom. The Balaban J connectivity index is 1.34. The Morgan fingerprint density at radius 1 is 1.34 bits per heavy atom. The maximum absolute atomic E-state index is 13.3. The highest BCUT2D eigenvalue weighted by Gasteiger charge is 2.66. The number of nitrogens with zero attached hydrogens (tertiary/aromatic N) is 6. The van der Waals surface area contributed by atoms with Crippen LogP contribution in [0.4, 0.5) is 0 Å². The minimum absolute atomic E-state index is 0.0153. The van der Waals surface area contributed by atoms with Crippen LogP contribution in [0.2, 0.25) is 0 Å². The monoisotopic (exact) mass is 515 g/mol. The Hall–Kier alpha value is -3.36. The van der Waals surface area contributed by atoms with Gasteiger partial charge in [0.25, 0.3) is 11.6 Å². The van der Waals surface area contributed by atoms with E-state index in [-0.39, 0.29) is 12.2 Å². The number of amides is 2. The van der Waals surface area contributed by atoms with Crippen molar-refractivity contribution in [2.75, 3.05) is 18.6 Å². The van der Waals surface area contributed by atoms with Crippen LogP contribution in [0.5, 0.6) is 0 Å². The van der Waals surface area contributed by atoms with Crippen molar-refractivity contribution in [1.29, 1.82) is 0 Å². The number of thioether (sulfide) groups is 2. The van der Waals surface area contributed by atoms with Gasteiger partial charge in [-0.05, 0) is 33.5 Å². The number of aromatic nitrogens is 5. The number of nitrogens with one attached hydrogen (secondary N) is 1. The molecule has 2 aromatic heterocycles. The summed E-state index contributed by atoms with van der Waals surface area (Å²) >= 11 is 2.62. The van der Waals surface area contributed by atoms with Crippen LogP contribution < -0.4 is 5.32 Å². The van der Waals surface area contributed by atoms with Gasteiger partial charge >= 0.3 is 5.97 Å². The van der Waals surface area contributed by atoms with Crippen molar-refractivity contribution in [3.63, 3.8) is 0 Å². The van der Waals surface area contributed by atoms with Crippen molar-refractivity contribution in [3.05, 3.63) is 47.8 Å². The number of carbonyl (C=O) groups excluding carboxylic acids is 2. The number of β-lactam (4-membered cyclic amide) rings is 1. The number of methoxy groups -OCH3 is 1. The number of tetrazole rings is 1. The van der Waals surface area contributed by atoms with E-state index in [9.17, 15) is 19.5 Å². The van der Waals surface area contributed by atoms with Crippen LogP contribution in [-0.2, 0) is 32.7 Å². The summed E-state index contributed by atoms with van der Waals surface area (Å²) in [6.45, 7) is -0.0153. The molecule has 1 fully saturated rings. The second-order valence-corrected chi connectivity index (χ2v) is 9.97. The molecule has 2 aliphatic heterocycles. The zero-order chi connectivity index (χ0) is 24.7. The van der Waals surface area contributed by atoms with Crippen LogP contribution in [0.15, 0.2) is 53.0 Å². The summed E-state index contributed by atoms with van der Waals surface area (Å²) in [6.07, 6.45) is 1.80. The molecule has 2 unspecified atom stereocenters. The zero-order valence-corrected chi connectivity index (χ0v) is 20.4. The van der Waals surface area contributed by atoms with Gasteiger partial charge in [-0.15, -0.1) is 16.9 Å². The fraction of sp³-hybridized carbons (Fsp3) is 0.333. The van der Waals surface area contributed by atoms with Crippen LogP contribution in [0, 0.1) is 0 Å². The van der Waals surface area contributed by atoms with Gasteiger partial charge in [0, 0.05) is 37.4 Å². The average Bonchev–Trinajstić information content (AvgIpc) is 3.45. The number of para-hydroxylation sites is 1. The molecule has 0 spiro atoms. The topological polar surface area (TPSA) is 144 Å². The summed E-state index contributed by atoms with van der Waals surface area (Å²) in [5, 5.41) is 24.7. The lowest BCUT2D eigenvalue weighted by atomic mass is 9.98. The van der Waals surface area contributed by atoms with Crippen LogP contribution in [0.3, 0.4) is 0 Å². The van der Waals surface area contributed by atoms with Crippen LogP contribution >= 0.6 is 23.5 Å². The number of ether oxygens (including phenoxy) is 1. The largest absolute Gasteiger partial charge is 0.477 e. The highest BCUT2D eigenvalue weighted by atomic mass is 32.2. The molecule has 5 rings (SSSR count). The summed E-state index contributed by atoms with van der Waals surface area (Å²) in [5.41, 5.74) is -0.286. The second kappa shape index (κ2) is 9.02. The molecule has 14 heteroatoms. The molecule has 4 heterocycles. The fourth-order valence-corrected chi connectivity index (χ4v) is 6.66. The summed E-state index contributed by atoms with van der Waals surface area (Å²) < 4.78 is 8.79. The third-order valence-electron chi connectivity index (χ3n) is 5.91. The highest BCUT2D eigenvalue weighted by molar-refractivity contribution is 8.01. The SMILES string of the molecule is COC1(NC(=O)Cn2ccc3ccccc32)C(=O)N2C(C(=O)O)=C(CSc3nnnn3C)CSC21. The molecule has 2 aliphatic rings. The highest BCUT2D eigenvalue weighted by Crippen LogP contribution is 2.47. The maximum atomic E-state index is 13.3. The number of aryl methyl sites for hydroxylation is 1. The van der Waals surface area contributed by atoms with Gasteiger partial charge < -0.3 is 19.7 Å². The van der Waals surface area contributed by atoms with Gasteiger partial charge in [-0.3, -0.25) is 14.5 Å². The van der Waals surface area contributed by atoms with Gasteiger partial charge in [0.15, 0.2) is 0 Å². The third-order valence-corrected chi connectivity index (χ3v) is 8.38. The lowest BCUT2D eigenvalue weighted by Gasteiger charge is -2.55. The molecule has 0 aliphatic carbocycles. The molecule has 2 amide bonds. The Morgan fingerprint density at radius 2 is 2.14 bits per heavy atom. The quantitative estimate of drug-likeness (QED) is 0.249. The van der Waals surface area contributed by atoms with E-state index in [1.807, 2.05) is 30.3 Å². The molecule has 1 saturated heterocycles. The molecule has 35 heavy (non-hydrogen) atoms. The number of carboxylic acid groups (broad SMARTS) is 1. The number of carboxylic acids is 1. The first-order chi connectivity index (χ1) is 16.9. The fourth-order valence-electron chi connectivity index (χ4n) is 4.23. The average molecular weight is 516 g/mol. The van der Waals surface area contributed by atoms with Gasteiger partial charge in [0.05, 0.1) is 0 Å². The number of carbonyl (C=O) groups is 3. The summed E-state index contributed by atoms with van der Waals surface area (Å²) in [6, 6.07) is 9.56. The van der Waals surface area contributed by atoms with Crippen molar-refractivity contribution >= 4 is 52.2 Å². The van der Waals surface area contributed by atoms with Crippen LogP contribution in [0.25, 0.3) is 10.9 Å². The van der Waals surface area contributed by atoms with E-state index in [4.69, 9.17) is 4.74 Å². The maximum Gasteiger partial charge on any atom is 0.352 e. The van der Waals surface area contributed by atoms with Crippen molar-refractivity contribution in [1.82, 2.24) is 35.0 Å². The van der Waals surface area contributed by atoms with Crippen molar-refractivity contribution < 1.29 is 24.2 Å². The molecular weight excluding hydrogens is 494 g/mol. The number of rotatable bonds is 8. The predicted octanol–water partition coefficient (Wildman–Crippen LogP) is 0.670. The zero-order valence-electron chi connectivity index (χ0n) is 18.7. The molecule has 3 aromatic rings. The second-order valence-electron chi connectivity index (χ2n) is 7.96. The lowest BCUT2D eigenvalue weighted by Crippen LogP contribution is -2.80. The first-order valence-corrected chi connectivity index (χ1v) is 12.5. The predicted molar refractivity (Wildman–Crippen MR) is 127 cm³/mol. The molecule has 1 aromatic carbocycles. The van der Waals surface area contributed by atoms with E-state index in [1.54, 1.807) is 17.8 Å². The standard InChI is InChI=1S/C21H21N7O5S2/c1-26-20(23-24-25-26)35-11-13-10-34-19-21(33-2,18(32)28(19)16(13)17(30)31)22-15(29)9-27-8-7-12-5-3-4-6-14(12)27/h3-8,19H,9-11H2,1-2H3,(H,22,29)(H,30,31). The molecule has 0 saturated carbocycles. The number of hydrogen-bond donors (Lipinski definition) is 2. The van der Waals surface area contributed by atoms with Gasteiger partial charge in [-0.2, -0.15) is 0 Å². The molecule has 0 bridgehead atoms. The van der Waals surface area contributed by atoms with Gasteiger partial charge in [-0.25, -0.2) is 9.48 Å². The minimum Gasteiger partial charge on any atom is -0.477 e. The number of benzene rings is 1. The lowest BCUT2D eigenvalue weighted by molar-refractivity contribution is -0.192. The van der Waals surface area contributed by atoms with E-state index < -0.39 is 28.9 Å². The Kier molecular flexibility index (Phi) is 6.02. The first-order valence-electron chi connectivity index (χ1n) is 10.5. The smallest absolute Gasteiger partial charge is 0.352 e. The summed E-state index contributed by atoms with van der Waals surface area (Å²) in [7, 11) is 3.02. The van der Waals surface area contributed by atoms with E-state index in [0.717, 1.165) is 10.9 Å². The normalized spacial score (nSPS) is 21.7. The van der Waals surface area contributed by atoms with Gasteiger partial charge in [-0.1, -0.05) is 30.0 Å². The summed E-state index contributed by atoms with van der Waals surface area (Å²) in [4.78, 5) is 39.5. The first kappa shape index (κ1) is 23.4. The molecule has 182 valence electrons. The minimum atomic E-state index is -1.64. The number of fused-ring (bicyclic) bond motifs is 2. The Labute approximate surface area is 207 Å². The number of aliphatic carboxylic acids is 1.